The third kappa shape index (κ3) is 4.00. The summed E-state index contributed by atoms with van der Waals surface area (Å²) in [6.45, 7) is 3.34. The number of benzene rings is 2. The van der Waals surface area contributed by atoms with Crippen LogP contribution in [0.4, 0.5) is 0 Å². The first-order chi connectivity index (χ1) is 14.5. The van der Waals surface area contributed by atoms with Crippen LogP contribution in [0.1, 0.15) is 30.2 Å². The molecule has 1 heterocycles. The van der Waals surface area contributed by atoms with Gasteiger partial charge >= 0.3 is 11.9 Å². The summed E-state index contributed by atoms with van der Waals surface area (Å²) >= 11 is 0. The van der Waals surface area contributed by atoms with Gasteiger partial charge in [-0.2, -0.15) is 5.10 Å². The molecule has 7 heteroatoms. The lowest BCUT2D eigenvalue weighted by atomic mass is 9.95. The maximum Gasteiger partial charge on any atom is 0.344 e. The molecule has 3 rings (SSSR count). The number of hydrogen-bond donors (Lipinski definition) is 0. The first-order valence-corrected chi connectivity index (χ1v) is 9.52. The van der Waals surface area contributed by atoms with E-state index >= 15 is 0 Å². The lowest BCUT2D eigenvalue weighted by Gasteiger charge is -2.19. The van der Waals surface area contributed by atoms with Gasteiger partial charge in [-0.3, -0.25) is 4.79 Å². The Morgan fingerprint density at radius 1 is 1.00 bits per heavy atom. The Kier molecular flexibility index (Phi) is 6.41. The second-order valence-corrected chi connectivity index (χ2v) is 6.50. The van der Waals surface area contributed by atoms with Crippen LogP contribution >= 0.6 is 0 Å². The average molecular weight is 406 g/mol. The van der Waals surface area contributed by atoms with E-state index in [2.05, 4.69) is 5.10 Å². The smallest absolute Gasteiger partial charge is 0.344 e. The van der Waals surface area contributed by atoms with E-state index in [9.17, 15) is 14.4 Å². The molecular formula is C23H22N2O5. The number of hydrogen-bond acceptors (Lipinski definition) is 6. The Morgan fingerprint density at radius 3 is 2.10 bits per heavy atom. The Morgan fingerprint density at radius 2 is 1.57 bits per heavy atom. The summed E-state index contributed by atoms with van der Waals surface area (Å²) in [6, 6.07) is 17.1. The SMILES string of the molecule is CCOC(=O)C(C)n1nc(-c2ccccc2)c(-c2ccccc2)c(C(=O)OC)c1=O. The maximum absolute atomic E-state index is 13.3. The average Bonchev–Trinajstić information content (AvgIpc) is 2.79. The maximum atomic E-state index is 13.3. The zero-order valence-electron chi connectivity index (χ0n) is 17.0. The molecule has 0 saturated carbocycles. The van der Waals surface area contributed by atoms with Crippen LogP contribution in [0, 0.1) is 0 Å². The minimum atomic E-state index is -1.02. The van der Waals surface area contributed by atoms with Gasteiger partial charge in [0.2, 0.25) is 0 Å². The summed E-state index contributed by atoms with van der Waals surface area (Å²) in [7, 11) is 1.21. The first kappa shape index (κ1) is 21.0. The van der Waals surface area contributed by atoms with E-state index in [4.69, 9.17) is 9.47 Å². The third-order valence-corrected chi connectivity index (χ3v) is 4.61. The van der Waals surface area contributed by atoms with Gasteiger partial charge in [-0.15, -0.1) is 0 Å². The number of ether oxygens (including phenoxy) is 2. The second-order valence-electron chi connectivity index (χ2n) is 6.50. The summed E-state index contributed by atoms with van der Waals surface area (Å²) in [4.78, 5) is 38.3. The molecule has 2 aromatic carbocycles. The molecule has 0 aliphatic carbocycles. The lowest BCUT2D eigenvalue weighted by Crippen LogP contribution is -2.36. The van der Waals surface area contributed by atoms with Crippen LogP contribution < -0.4 is 5.56 Å². The zero-order valence-corrected chi connectivity index (χ0v) is 17.0. The molecular weight excluding hydrogens is 384 g/mol. The summed E-state index contributed by atoms with van der Waals surface area (Å²) in [5.41, 5.74) is 1.15. The fraction of sp³-hybridized carbons (Fsp3) is 0.217. The predicted octanol–water partition coefficient (Wildman–Crippen LogP) is 3.49. The number of carbonyl (C=O) groups is 2. The van der Waals surface area contributed by atoms with Gasteiger partial charge in [-0.1, -0.05) is 60.7 Å². The van der Waals surface area contributed by atoms with Gasteiger partial charge in [0, 0.05) is 11.1 Å². The molecule has 0 aliphatic rings. The van der Waals surface area contributed by atoms with Gasteiger partial charge < -0.3 is 9.47 Å². The van der Waals surface area contributed by atoms with E-state index < -0.39 is 23.5 Å². The van der Waals surface area contributed by atoms with E-state index in [-0.39, 0.29) is 12.2 Å². The predicted molar refractivity (Wildman–Crippen MR) is 112 cm³/mol. The first-order valence-electron chi connectivity index (χ1n) is 9.52. The third-order valence-electron chi connectivity index (χ3n) is 4.61. The van der Waals surface area contributed by atoms with Crippen LogP contribution in [0.2, 0.25) is 0 Å². The number of carbonyl (C=O) groups excluding carboxylic acids is 2. The van der Waals surface area contributed by atoms with Crippen LogP contribution in [0.5, 0.6) is 0 Å². The van der Waals surface area contributed by atoms with Crippen molar-refractivity contribution >= 4 is 11.9 Å². The molecule has 7 nitrogen and oxygen atoms in total. The molecule has 1 atom stereocenters. The van der Waals surface area contributed by atoms with Crippen LogP contribution in [-0.2, 0) is 14.3 Å². The normalized spacial score (nSPS) is 11.6. The molecule has 3 aromatic rings. The number of rotatable bonds is 6. The van der Waals surface area contributed by atoms with Crippen LogP contribution in [0.15, 0.2) is 65.5 Å². The molecule has 0 aliphatic heterocycles. The van der Waals surface area contributed by atoms with E-state index in [1.54, 1.807) is 31.2 Å². The van der Waals surface area contributed by atoms with Crippen molar-refractivity contribution in [2.45, 2.75) is 19.9 Å². The fourth-order valence-electron chi connectivity index (χ4n) is 3.14. The van der Waals surface area contributed by atoms with Crippen LogP contribution in [-0.4, -0.2) is 35.4 Å². The van der Waals surface area contributed by atoms with Gasteiger partial charge in [0.1, 0.15) is 5.56 Å². The molecule has 1 aromatic heterocycles. The van der Waals surface area contributed by atoms with Gasteiger partial charge in [0.05, 0.1) is 19.4 Å². The van der Waals surface area contributed by atoms with Crippen molar-refractivity contribution < 1.29 is 19.1 Å². The number of esters is 2. The van der Waals surface area contributed by atoms with Gasteiger partial charge in [-0.05, 0) is 19.4 Å². The van der Waals surface area contributed by atoms with Crippen molar-refractivity contribution in [3.8, 4) is 22.4 Å². The van der Waals surface area contributed by atoms with Crippen molar-refractivity contribution in [3.63, 3.8) is 0 Å². The van der Waals surface area contributed by atoms with Crippen molar-refractivity contribution in [2.75, 3.05) is 13.7 Å². The van der Waals surface area contributed by atoms with Crippen molar-refractivity contribution in [2.24, 2.45) is 0 Å². The molecule has 0 fully saturated rings. The standard InChI is InChI=1S/C23H22N2O5/c1-4-30-22(27)15(2)25-21(26)19(23(28)29-3)18(16-11-7-5-8-12-16)20(24-25)17-13-9-6-10-14-17/h5-15H,4H2,1-3H3. The molecule has 0 spiro atoms. The van der Waals surface area contributed by atoms with Gasteiger partial charge in [0.25, 0.3) is 5.56 Å². The molecule has 0 saturated heterocycles. The fourth-order valence-corrected chi connectivity index (χ4v) is 3.14. The highest BCUT2D eigenvalue weighted by molar-refractivity contribution is 6.00. The van der Waals surface area contributed by atoms with Crippen LogP contribution in [0.25, 0.3) is 22.4 Å². The van der Waals surface area contributed by atoms with E-state index in [0.29, 0.717) is 22.4 Å². The summed E-state index contributed by atoms with van der Waals surface area (Å²) in [6.07, 6.45) is 0. The Hall–Kier alpha value is -3.74. The van der Waals surface area contributed by atoms with Gasteiger partial charge in [-0.25, -0.2) is 14.3 Å². The minimum absolute atomic E-state index is 0.162. The molecule has 0 radical (unpaired) electrons. The second kappa shape index (κ2) is 9.17. The highest BCUT2D eigenvalue weighted by atomic mass is 16.5. The number of aromatic nitrogens is 2. The molecule has 30 heavy (non-hydrogen) atoms. The summed E-state index contributed by atoms with van der Waals surface area (Å²) < 4.78 is 10.9. The zero-order chi connectivity index (χ0) is 21.7. The summed E-state index contributed by atoms with van der Waals surface area (Å²) in [5.74, 6) is -1.42. The van der Waals surface area contributed by atoms with E-state index in [1.807, 2.05) is 36.4 Å². The molecule has 154 valence electrons. The Labute approximate surface area is 173 Å². The van der Waals surface area contributed by atoms with E-state index in [0.717, 1.165) is 4.68 Å². The highest BCUT2D eigenvalue weighted by Gasteiger charge is 2.29. The minimum Gasteiger partial charge on any atom is -0.465 e. The topological polar surface area (TPSA) is 87.5 Å². The van der Waals surface area contributed by atoms with Gasteiger partial charge in [0.15, 0.2) is 6.04 Å². The van der Waals surface area contributed by atoms with Crippen LogP contribution in [0.3, 0.4) is 0 Å². The van der Waals surface area contributed by atoms with Crippen molar-refractivity contribution in [1.29, 1.82) is 0 Å². The Balaban J connectivity index is 2.41. The quantitative estimate of drug-likeness (QED) is 0.583. The monoisotopic (exact) mass is 406 g/mol. The molecule has 1 unspecified atom stereocenters. The molecule has 0 N–H and O–H groups in total. The number of nitrogens with zero attached hydrogens (tertiary/aromatic N) is 2. The lowest BCUT2D eigenvalue weighted by molar-refractivity contribution is -0.147. The highest BCUT2D eigenvalue weighted by Crippen LogP contribution is 2.32. The largest absolute Gasteiger partial charge is 0.465 e. The number of methoxy groups -OCH3 is 1. The molecule has 0 amide bonds. The Bertz CT molecular complexity index is 1110. The van der Waals surface area contributed by atoms with Crippen molar-refractivity contribution in [1.82, 2.24) is 9.78 Å². The summed E-state index contributed by atoms with van der Waals surface area (Å²) in [5, 5.41) is 4.50. The van der Waals surface area contributed by atoms with Crippen molar-refractivity contribution in [3.05, 3.63) is 76.6 Å². The molecule has 0 bridgehead atoms. The van der Waals surface area contributed by atoms with E-state index in [1.165, 1.54) is 14.0 Å².